The molecule has 1 aliphatic heterocycles. The van der Waals surface area contributed by atoms with Gasteiger partial charge >= 0.3 is 0 Å². The van der Waals surface area contributed by atoms with Crippen LogP contribution in [0.1, 0.15) is 31.9 Å². The number of nitrogens with one attached hydrogen (secondary N) is 1. The van der Waals surface area contributed by atoms with Crippen molar-refractivity contribution in [3.63, 3.8) is 0 Å². The Morgan fingerprint density at radius 3 is 3.00 bits per heavy atom. The van der Waals surface area contributed by atoms with Gasteiger partial charge in [0.1, 0.15) is 5.76 Å². The van der Waals surface area contributed by atoms with Crippen molar-refractivity contribution in [1.29, 1.82) is 0 Å². The molecule has 0 aromatic carbocycles. The Labute approximate surface area is 109 Å². The Hall–Kier alpha value is -0.810. The van der Waals surface area contributed by atoms with Gasteiger partial charge in [-0.15, -0.1) is 0 Å². The molecule has 0 spiro atoms. The summed E-state index contributed by atoms with van der Waals surface area (Å²) in [6, 6.07) is 4.16. The van der Waals surface area contributed by atoms with Crippen molar-refractivity contribution < 1.29 is 12.8 Å². The standard InChI is InChI=1S/C13H21NO3S/c1-11(6-7-12-4-2-8-17-12)14-10-13-5-3-9-18(13,15)16/h2,4,8,11,13-14H,3,5-7,9-10H2,1H3. The van der Waals surface area contributed by atoms with Crippen LogP contribution in [-0.4, -0.2) is 32.0 Å². The van der Waals surface area contributed by atoms with Crippen LogP contribution in [0, 0.1) is 0 Å². The fourth-order valence-electron chi connectivity index (χ4n) is 2.34. The third-order valence-electron chi connectivity index (χ3n) is 3.56. The van der Waals surface area contributed by atoms with Gasteiger partial charge in [-0.05, 0) is 38.3 Å². The van der Waals surface area contributed by atoms with Gasteiger partial charge in [0.05, 0.1) is 17.3 Å². The molecule has 1 N–H and O–H groups in total. The summed E-state index contributed by atoms with van der Waals surface area (Å²) < 4.78 is 28.6. The van der Waals surface area contributed by atoms with Crippen LogP contribution in [-0.2, 0) is 16.3 Å². The highest BCUT2D eigenvalue weighted by atomic mass is 32.2. The van der Waals surface area contributed by atoms with Crippen LogP contribution in [0.5, 0.6) is 0 Å². The molecule has 1 fully saturated rings. The SMILES string of the molecule is CC(CCc1ccco1)NCC1CCCS1(=O)=O. The topological polar surface area (TPSA) is 59.3 Å². The van der Waals surface area contributed by atoms with Gasteiger partial charge < -0.3 is 9.73 Å². The van der Waals surface area contributed by atoms with Crippen LogP contribution in [0.2, 0.25) is 0 Å². The number of rotatable bonds is 6. The van der Waals surface area contributed by atoms with E-state index in [4.69, 9.17) is 4.42 Å². The van der Waals surface area contributed by atoms with Crippen molar-refractivity contribution in [2.24, 2.45) is 0 Å². The lowest BCUT2D eigenvalue weighted by Crippen LogP contribution is -2.36. The lowest BCUT2D eigenvalue weighted by atomic mass is 10.1. The van der Waals surface area contributed by atoms with Crippen molar-refractivity contribution in [2.75, 3.05) is 12.3 Å². The molecule has 0 bridgehead atoms. The fourth-order valence-corrected chi connectivity index (χ4v) is 4.11. The first-order chi connectivity index (χ1) is 8.58. The molecule has 18 heavy (non-hydrogen) atoms. The van der Waals surface area contributed by atoms with Crippen molar-refractivity contribution in [1.82, 2.24) is 5.32 Å². The molecule has 1 aromatic rings. The molecular weight excluding hydrogens is 250 g/mol. The zero-order chi connectivity index (χ0) is 13.0. The Morgan fingerprint density at radius 2 is 2.39 bits per heavy atom. The second-order valence-electron chi connectivity index (χ2n) is 5.06. The summed E-state index contributed by atoms with van der Waals surface area (Å²) in [6.07, 6.45) is 5.15. The Balaban J connectivity index is 1.70. The minimum absolute atomic E-state index is 0.177. The van der Waals surface area contributed by atoms with E-state index in [-0.39, 0.29) is 5.25 Å². The molecule has 0 radical (unpaired) electrons. The van der Waals surface area contributed by atoms with E-state index in [0.717, 1.165) is 31.4 Å². The largest absolute Gasteiger partial charge is 0.469 e. The molecule has 5 heteroatoms. The lowest BCUT2D eigenvalue weighted by molar-refractivity contribution is 0.456. The average Bonchev–Trinajstić information content (AvgIpc) is 2.93. The Kier molecular flexibility index (Phi) is 4.45. The van der Waals surface area contributed by atoms with E-state index >= 15 is 0 Å². The predicted octanol–water partition coefficient (Wildman–Crippen LogP) is 1.77. The third kappa shape index (κ3) is 3.59. The van der Waals surface area contributed by atoms with E-state index in [1.807, 2.05) is 12.1 Å². The molecular formula is C13H21NO3S. The highest BCUT2D eigenvalue weighted by Gasteiger charge is 2.30. The fraction of sp³-hybridized carbons (Fsp3) is 0.692. The molecule has 2 atom stereocenters. The van der Waals surface area contributed by atoms with Gasteiger partial charge in [-0.25, -0.2) is 8.42 Å². The molecule has 1 aromatic heterocycles. The van der Waals surface area contributed by atoms with Crippen molar-refractivity contribution >= 4 is 9.84 Å². The van der Waals surface area contributed by atoms with Crippen molar-refractivity contribution in [3.05, 3.63) is 24.2 Å². The van der Waals surface area contributed by atoms with Crippen LogP contribution in [0.3, 0.4) is 0 Å². The number of hydrogen-bond donors (Lipinski definition) is 1. The van der Waals surface area contributed by atoms with Gasteiger partial charge in [0, 0.05) is 19.0 Å². The number of furan rings is 1. The zero-order valence-corrected chi connectivity index (χ0v) is 11.6. The summed E-state index contributed by atoms with van der Waals surface area (Å²) in [7, 11) is -2.82. The highest BCUT2D eigenvalue weighted by molar-refractivity contribution is 7.92. The minimum atomic E-state index is -2.82. The van der Waals surface area contributed by atoms with E-state index < -0.39 is 9.84 Å². The summed E-state index contributed by atoms with van der Waals surface area (Å²) in [5, 5.41) is 3.14. The van der Waals surface area contributed by atoms with E-state index in [2.05, 4.69) is 12.2 Å². The second-order valence-corrected chi connectivity index (χ2v) is 7.46. The Morgan fingerprint density at radius 1 is 1.56 bits per heavy atom. The Bertz CT molecular complexity index is 453. The maximum absolute atomic E-state index is 11.7. The predicted molar refractivity (Wildman–Crippen MR) is 71.3 cm³/mol. The maximum atomic E-state index is 11.7. The first-order valence-corrected chi connectivity index (χ1v) is 8.27. The molecule has 1 aliphatic rings. The molecule has 1 saturated heterocycles. The van der Waals surface area contributed by atoms with Gasteiger partial charge in [0.25, 0.3) is 0 Å². The van der Waals surface area contributed by atoms with Gasteiger partial charge in [-0.2, -0.15) is 0 Å². The molecule has 2 rings (SSSR count). The average molecular weight is 271 g/mol. The monoisotopic (exact) mass is 271 g/mol. The lowest BCUT2D eigenvalue weighted by Gasteiger charge is -2.16. The summed E-state index contributed by atoms with van der Waals surface area (Å²) in [4.78, 5) is 0. The van der Waals surface area contributed by atoms with Crippen molar-refractivity contribution in [2.45, 2.75) is 43.9 Å². The summed E-state index contributed by atoms with van der Waals surface area (Å²) >= 11 is 0. The third-order valence-corrected chi connectivity index (χ3v) is 5.84. The first-order valence-electron chi connectivity index (χ1n) is 6.55. The van der Waals surface area contributed by atoms with Crippen LogP contribution >= 0.6 is 0 Å². The zero-order valence-electron chi connectivity index (χ0n) is 10.8. The number of hydrogen-bond acceptors (Lipinski definition) is 4. The van der Waals surface area contributed by atoms with E-state index in [9.17, 15) is 8.42 Å². The summed E-state index contributed by atoms with van der Waals surface area (Å²) in [5.74, 6) is 1.34. The quantitative estimate of drug-likeness (QED) is 0.856. The van der Waals surface area contributed by atoms with Crippen LogP contribution in [0.15, 0.2) is 22.8 Å². The van der Waals surface area contributed by atoms with Crippen LogP contribution in [0.25, 0.3) is 0 Å². The smallest absolute Gasteiger partial charge is 0.154 e. The van der Waals surface area contributed by atoms with E-state index in [0.29, 0.717) is 18.3 Å². The van der Waals surface area contributed by atoms with Gasteiger partial charge in [0.15, 0.2) is 9.84 Å². The molecule has 0 aliphatic carbocycles. The molecule has 2 heterocycles. The van der Waals surface area contributed by atoms with Crippen LogP contribution < -0.4 is 5.32 Å². The molecule has 4 nitrogen and oxygen atoms in total. The van der Waals surface area contributed by atoms with Gasteiger partial charge in [-0.1, -0.05) is 0 Å². The molecule has 0 saturated carbocycles. The van der Waals surface area contributed by atoms with Crippen LogP contribution in [0.4, 0.5) is 0 Å². The second kappa shape index (κ2) is 5.89. The molecule has 0 amide bonds. The van der Waals surface area contributed by atoms with Gasteiger partial charge in [-0.3, -0.25) is 0 Å². The highest BCUT2D eigenvalue weighted by Crippen LogP contribution is 2.19. The van der Waals surface area contributed by atoms with E-state index in [1.165, 1.54) is 0 Å². The maximum Gasteiger partial charge on any atom is 0.154 e. The normalized spacial score (nSPS) is 24.2. The number of aryl methyl sites for hydroxylation is 1. The summed E-state index contributed by atoms with van der Waals surface area (Å²) in [5.41, 5.74) is 0. The first kappa shape index (κ1) is 13.6. The van der Waals surface area contributed by atoms with Gasteiger partial charge in [0.2, 0.25) is 0 Å². The number of sulfone groups is 1. The van der Waals surface area contributed by atoms with Crippen molar-refractivity contribution in [3.8, 4) is 0 Å². The molecule has 102 valence electrons. The van der Waals surface area contributed by atoms with E-state index in [1.54, 1.807) is 6.26 Å². The summed E-state index contributed by atoms with van der Waals surface area (Å²) in [6.45, 7) is 2.67. The minimum Gasteiger partial charge on any atom is -0.469 e. The molecule has 2 unspecified atom stereocenters.